The number of rotatable bonds is 0. The Balaban J connectivity index is 2.59. The topological polar surface area (TPSA) is 42.4 Å². The second kappa shape index (κ2) is 2.53. The highest BCUT2D eigenvalue weighted by Crippen LogP contribution is 2.23. The van der Waals surface area contributed by atoms with Gasteiger partial charge in [-0.1, -0.05) is 0 Å². The van der Waals surface area contributed by atoms with Gasteiger partial charge in [0.15, 0.2) is 0 Å². The molecule has 1 aromatic rings. The van der Waals surface area contributed by atoms with Crippen LogP contribution < -0.4 is 5.46 Å². The minimum atomic E-state index is -1.03. The summed E-state index contributed by atoms with van der Waals surface area (Å²) in [6, 6.07) is 0. The second-order valence-corrected chi connectivity index (χ2v) is 2.75. The van der Waals surface area contributed by atoms with E-state index < -0.39 is 19.0 Å². The summed E-state index contributed by atoms with van der Waals surface area (Å²) in [6.45, 7) is 1.69. The molecule has 1 aromatic heterocycles. The van der Waals surface area contributed by atoms with E-state index in [9.17, 15) is 9.41 Å². The molecule has 1 N–H and O–H groups in total. The molecule has 0 radical (unpaired) electrons. The summed E-state index contributed by atoms with van der Waals surface area (Å²) in [7, 11) is -1.03. The summed E-state index contributed by atoms with van der Waals surface area (Å²) in [6.07, 6.45) is 2.15. The molecule has 0 amide bonds. The van der Waals surface area contributed by atoms with Gasteiger partial charge in [-0.2, -0.15) is 0 Å². The zero-order valence-electron chi connectivity index (χ0n) is 6.49. The monoisotopic (exact) mass is 167 g/mol. The third-order valence-electron chi connectivity index (χ3n) is 1.98. The maximum atomic E-state index is 13.1. The normalized spacial score (nSPS) is 21.2. The Morgan fingerprint density at radius 2 is 2.42 bits per heavy atom. The van der Waals surface area contributed by atoms with Crippen molar-refractivity contribution in [2.45, 2.75) is 13.0 Å². The van der Waals surface area contributed by atoms with Crippen LogP contribution in [0.3, 0.4) is 0 Å². The standard InChI is InChI=1S/C7H7BFNO2/c1-4-7-5(8(11)12-4)2-10-3-6(7)9/h2-4,11H,1H3/t4-/m0/s1. The van der Waals surface area contributed by atoms with Crippen LogP contribution >= 0.6 is 0 Å². The largest absolute Gasteiger partial charge is 0.493 e. The van der Waals surface area contributed by atoms with Crippen molar-refractivity contribution in [2.75, 3.05) is 0 Å². The van der Waals surface area contributed by atoms with Gasteiger partial charge in [-0.05, 0) is 6.92 Å². The first-order chi connectivity index (χ1) is 5.70. The summed E-state index contributed by atoms with van der Waals surface area (Å²) >= 11 is 0. The summed E-state index contributed by atoms with van der Waals surface area (Å²) in [4.78, 5) is 3.63. The third-order valence-corrected chi connectivity index (χ3v) is 1.98. The number of hydrogen-bond acceptors (Lipinski definition) is 3. The van der Waals surface area contributed by atoms with Crippen molar-refractivity contribution in [1.29, 1.82) is 0 Å². The van der Waals surface area contributed by atoms with Crippen LogP contribution in [0.25, 0.3) is 0 Å². The van der Waals surface area contributed by atoms with Crippen molar-refractivity contribution >= 4 is 12.6 Å². The van der Waals surface area contributed by atoms with Crippen LogP contribution in [-0.2, 0) is 4.65 Å². The zero-order valence-corrected chi connectivity index (χ0v) is 6.49. The van der Waals surface area contributed by atoms with Crippen LogP contribution in [0.5, 0.6) is 0 Å². The lowest BCUT2D eigenvalue weighted by molar-refractivity contribution is 0.205. The van der Waals surface area contributed by atoms with E-state index in [0.717, 1.165) is 6.20 Å². The molecule has 0 aliphatic carbocycles. The molecule has 12 heavy (non-hydrogen) atoms. The predicted octanol–water partition coefficient (Wildman–Crippen LogP) is -0.000600. The van der Waals surface area contributed by atoms with Crippen molar-refractivity contribution < 1.29 is 14.1 Å². The first-order valence-electron chi connectivity index (χ1n) is 3.67. The molecule has 0 fully saturated rings. The fraction of sp³-hybridized carbons (Fsp3) is 0.286. The molecule has 0 saturated heterocycles. The van der Waals surface area contributed by atoms with Gasteiger partial charge in [0.05, 0.1) is 12.3 Å². The van der Waals surface area contributed by atoms with E-state index in [1.165, 1.54) is 6.20 Å². The van der Waals surface area contributed by atoms with Crippen molar-refractivity contribution in [1.82, 2.24) is 4.98 Å². The van der Waals surface area contributed by atoms with Gasteiger partial charge in [0.25, 0.3) is 0 Å². The van der Waals surface area contributed by atoms with Gasteiger partial charge in [0.2, 0.25) is 0 Å². The van der Waals surface area contributed by atoms with E-state index in [-0.39, 0.29) is 0 Å². The van der Waals surface area contributed by atoms with Gasteiger partial charge in [-0.3, -0.25) is 4.98 Å². The van der Waals surface area contributed by atoms with E-state index in [1.807, 2.05) is 0 Å². The number of nitrogens with zero attached hydrogens (tertiary/aromatic N) is 1. The van der Waals surface area contributed by atoms with Crippen LogP contribution in [0.4, 0.5) is 4.39 Å². The number of halogens is 1. The van der Waals surface area contributed by atoms with E-state index in [4.69, 9.17) is 4.65 Å². The van der Waals surface area contributed by atoms with Gasteiger partial charge in [0, 0.05) is 17.2 Å². The van der Waals surface area contributed by atoms with E-state index in [0.29, 0.717) is 11.0 Å². The molecule has 0 bridgehead atoms. The number of fused-ring (bicyclic) bond motifs is 1. The molecule has 1 aliphatic rings. The number of aromatic nitrogens is 1. The molecular weight excluding hydrogens is 160 g/mol. The molecule has 0 saturated carbocycles. The van der Waals surface area contributed by atoms with Gasteiger partial charge in [-0.25, -0.2) is 4.39 Å². The first kappa shape index (κ1) is 7.70. The van der Waals surface area contributed by atoms with Crippen molar-refractivity contribution in [2.24, 2.45) is 0 Å². The molecule has 0 spiro atoms. The molecule has 1 atom stereocenters. The van der Waals surface area contributed by atoms with Crippen LogP contribution in [0.2, 0.25) is 0 Å². The average Bonchev–Trinajstić information content (AvgIpc) is 2.29. The Bertz CT molecular complexity index is 320. The maximum Gasteiger partial charge on any atom is 0.493 e. The van der Waals surface area contributed by atoms with Crippen molar-refractivity contribution in [3.63, 3.8) is 0 Å². The molecule has 0 aromatic carbocycles. The van der Waals surface area contributed by atoms with E-state index in [1.54, 1.807) is 6.92 Å². The average molecular weight is 167 g/mol. The fourth-order valence-electron chi connectivity index (χ4n) is 1.42. The Hall–Kier alpha value is -0.935. The lowest BCUT2D eigenvalue weighted by Crippen LogP contribution is -2.28. The van der Waals surface area contributed by atoms with Gasteiger partial charge in [-0.15, -0.1) is 0 Å². The smallest absolute Gasteiger partial charge is 0.423 e. The Morgan fingerprint density at radius 1 is 1.67 bits per heavy atom. The zero-order chi connectivity index (χ0) is 8.72. The molecule has 62 valence electrons. The third kappa shape index (κ3) is 0.938. The van der Waals surface area contributed by atoms with Crippen LogP contribution in [0, 0.1) is 5.82 Å². The van der Waals surface area contributed by atoms with Crippen molar-refractivity contribution in [3.8, 4) is 0 Å². The summed E-state index contributed by atoms with van der Waals surface area (Å²) in [5, 5.41) is 9.25. The quantitative estimate of drug-likeness (QED) is 0.553. The second-order valence-electron chi connectivity index (χ2n) is 2.75. The molecule has 1 aliphatic heterocycles. The predicted molar refractivity (Wildman–Crippen MR) is 41.3 cm³/mol. The lowest BCUT2D eigenvalue weighted by atomic mass is 9.80. The first-order valence-corrected chi connectivity index (χ1v) is 3.67. The highest BCUT2D eigenvalue weighted by molar-refractivity contribution is 6.61. The van der Waals surface area contributed by atoms with Gasteiger partial charge in [0.1, 0.15) is 5.82 Å². The maximum absolute atomic E-state index is 13.1. The molecular formula is C7H7BFNO2. The minimum Gasteiger partial charge on any atom is -0.423 e. The van der Waals surface area contributed by atoms with E-state index in [2.05, 4.69) is 4.98 Å². The van der Waals surface area contributed by atoms with E-state index >= 15 is 0 Å². The van der Waals surface area contributed by atoms with Crippen LogP contribution in [0.1, 0.15) is 18.6 Å². The fourth-order valence-corrected chi connectivity index (χ4v) is 1.42. The molecule has 3 nitrogen and oxygen atoms in total. The molecule has 5 heteroatoms. The number of pyridine rings is 1. The highest BCUT2D eigenvalue weighted by Gasteiger charge is 2.34. The minimum absolute atomic E-state index is 0.391. The highest BCUT2D eigenvalue weighted by atomic mass is 19.1. The lowest BCUT2D eigenvalue weighted by Gasteiger charge is -2.03. The van der Waals surface area contributed by atoms with Crippen LogP contribution in [0.15, 0.2) is 12.4 Å². The molecule has 2 rings (SSSR count). The van der Waals surface area contributed by atoms with Gasteiger partial charge < -0.3 is 9.68 Å². The van der Waals surface area contributed by atoms with Crippen LogP contribution in [-0.4, -0.2) is 17.1 Å². The summed E-state index contributed by atoms with van der Waals surface area (Å²) in [5.41, 5.74) is 0.847. The Morgan fingerprint density at radius 3 is 3.08 bits per heavy atom. The summed E-state index contributed by atoms with van der Waals surface area (Å²) in [5.74, 6) is -0.420. The SMILES string of the molecule is C[C@@H]1OB(O)c2cncc(F)c21. The van der Waals surface area contributed by atoms with Gasteiger partial charge >= 0.3 is 7.12 Å². The Labute approximate surface area is 69.3 Å². The van der Waals surface area contributed by atoms with Crippen molar-refractivity contribution in [3.05, 3.63) is 23.8 Å². The Kier molecular flexibility index (Phi) is 1.63. The molecule has 0 unspecified atom stereocenters. The number of hydrogen-bond donors (Lipinski definition) is 1. The molecule has 2 heterocycles. The summed E-state index contributed by atoms with van der Waals surface area (Å²) < 4.78 is 18.0.